The Bertz CT molecular complexity index is 1160. The molecule has 3 fully saturated rings. The van der Waals surface area contributed by atoms with Gasteiger partial charge in [-0.25, -0.2) is 12.8 Å². The molecule has 0 aromatic heterocycles. The highest BCUT2D eigenvalue weighted by Crippen LogP contribution is 2.54. The summed E-state index contributed by atoms with van der Waals surface area (Å²) in [5, 5.41) is 4.29. The maximum absolute atomic E-state index is 14.0. The van der Waals surface area contributed by atoms with E-state index in [1.807, 2.05) is 29.2 Å². The summed E-state index contributed by atoms with van der Waals surface area (Å²) in [4.78, 5) is 15.9. The van der Waals surface area contributed by atoms with Gasteiger partial charge in [0, 0.05) is 5.02 Å². The fourth-order valence-electron chi connectivity index (χ4n) is 6.10. The Kier molecular flexibility index (Phi) is 6.23. The van der Waals surface area contributed by atoms with Crippen molar-refractivity contribution in [2.75, 3.05) is 12.3 Å². The lowest BCUT2D eigenvalue weighted by Gasteiger charge is -2.52. The molecule has 182 valence electrons. The highest BCUT2D eigenvalue weighted by Gasteiger charge is 2.57. The number of piperidine rings is 1. The third-order valence-corrected chi connectivity index (χ3v) is 9.92. The molecule has 2 bridgehead atoms. The van der Waals surface area contributed by atoms with Crippen molar-refractivity contribution in [3.8, 4) is 0 Å². The molecule has 4 atom stereocenters. The van der Waals surface area contributed by atoms with Crippen LogP contribution in [0.15, 0.2) is 53.4 Å². The summed E-state index contributed by atoms with van der Waals surface area (Å²) < 4.78 is 39.8. The fourth-order valence-corrected chi connectivity index (χ4v) is 7.41. The smallest absolute Gasteiger partial charge is 0.240 e. The lowest BCUT2D eigenvalue weighted by molar-refractivity contribution is -0.146. The molecule has 2 aromatic carbocycles. The topological polar surface area (TPSA) is 66.5 Å². The van der Waals surface area contributed by atoms with Gasteiger partial charge < -0.3 is 4.90 Å². The number of amides is 1. The second kappa shape index (κ2) is 8.92. The van der Waals surface area contributed by atoms with E-state index in [0.717, 1.165) is 56.3 Å². The minimum absolute atomic E-state index is 0.0388. The maximum Gasteiger partial charge on any atom is 0.240 e. The van der Waals surface area contributed by atoms with Crippen LogP contribution in [0.4, 0.5) is 4.39 Å². The van der Waals surface area contributed by atoms with E-state index in [0.29, 0.717) is 10.9 Å². The molecule has 4 unspecified atom stereocenters. The first-order valence-corrected chi connectivity index (χ1v) is 14.1. The Labute approximate surface area is 205 Å². The molecule has 5 nitrogen and oxygen atoms in total. The summed E-state index contributed by atoms with van der Waals surface area (Å²) >= 11 is 6.15. The van der Waals surface area contributed by atoms with Gasteiger partial charge in [-0.1, -0.05) is 30.7 Å². The number of carbonyl (C=O) groups excluding carboxylic acids is 1. The van der Waals surface area contributed by atoms with Crippen LogP contribution in [0.2, 0.25) is 5.02 Å². The summed E-state index contributed by atoms with van der Waals surface area (Å²) in [6.45, 7) is 2.99. The van der Waals surface area contributed by atoms with Gasteiger partial charge in [0.1, 0.15) is 11.6 Å². The van der Waals surface area contributed by atoms with Crippen molar-refractivity contribution in [3.05, 3.63) is 64.9 Å². The molecule has 0 spiro atoms. The molecule has 8 heteroatoms. The number of benzene rings is 2. The van der Waals surface area contributed by atoms with Crippen LogP contribution >= 0.6 is 11.6 Å². The highest BCUT2D eigenvalue weighted by molar-refractivity contribution is 7.92. The molecule has 2 aromatic rings. The lowest BCUT2D eigenvalue weighted by atomic mass is 9.82. The Morgan fingerprint density at radius 1 is 1.12 bits per heavy atom. The summed E-state index contributed by atoms with van der Waals surface area (Å²) in [5.41, 5.74) is 0.405. The van der Waals surface area contributed by atoms with Crippen molar-refractivity contribution in [3.63, 3.8) is 0 Å². The van der Waals surface area contributed by atoms with Crippen LogP contribution in [0.3, 0.4) is 0 Å². The van der Waals surface area contributed by atoms with Gasteiger partial charge in [-0.15, -0.1) is 0 Å². The molecule has 0 radical (unpaired) electrons. The summed E-state index contributed by atoms with van der Waals surface area (Å²) in [5.74, 6) is -0.556. The maximum atomic E-state index is 14.0. The zero-order valence-corrected chi connectivity index (χ0v) is 20.8. The molecule has 34 heavy (non-hydrogen) atoms. The van der Waals surface area contributed by atoms with Crippen LogP contribution < -0.4 is 5.32 Å². The SMILES string of the molecule is CC1C2CCNC1(N(C(=O)CS(=O)(=O)c1ccc(F)cc1)C(c1ccc(Cl)cc1)C1CC1)CC2. The minimum atomic E-state index is -3.93. The van der Waals surface area contributed by atoms with E-state index in [9.17, 15) is 17.6 Å². The van der Waals surface area contributed by atoms with E-state index in [-0.39, 0.29) is 22.8 Å². The Morgan fingerprint density at radius 3 is 2.44 bits per heavy atom. The van der Waals surface area contributed by atoms with Crippen LogP contribution in [0.1, 0.15) is 50.6 Å². The van der Waals surface area contributed by atoms with Crippen LogP contribution in [0.25, 0.3) is 0 Å². The predicted octanol–water partition coefficient (Wildman–Crippen LogP) is 4.97. The van der Waals surface area contributed by atoms with Crippen molar-refractivity contribution >= 4 is 27.3 Å². The molecule has 1 N–H and O–H groups in total. The fraction of sp³-hybridized carbons (Fsp3) is 0.500. The number of nitrogens with zero attached hydrogens (tertiary/aromatic N) is 1. The third kappa shape index (κ3) is 4.27. The number of fused-ring (bicyclic) bond motifs is 2. The lowest BCUT2D eigenvalue weighted by Crippen LogP contribution is -2.66. The molecule has 3 aliphatic rings. The summed E-state index contributed by atoms with van der Waals surface area (Å²) in [7, 11) is -3.93. The van der Waals surface area contributed by atoms with Gasteiger partial charge in [0.05, 0.1) is 16.6 Å². The van der Waals surface area contributed by atoms with E-state index < -0.39 is 33.0 Å². The predicted molar refractivity (Wildman–Crippen MR) is 129 cm³/mol. The van der Waals surface area contributed by atoms with Gasteiger partial charge in [-0.3, -0.25) is 10.1 Å². The molecular formula is C26H30ClFN2O3S. The molecule has 2 aliphatic carbocycles. The van der Waals surface area contributed by atoms with Gasteiger partial charge in [0.15, 0.2) is 9.84 Å². The number of hydrogen-bond acceptors (Lipinski definition) is 4. The number of halogens is 2. The second-order valence-electron chi connectivity index (χ2n) is 10.0. The van der Waals surface area contributed by atoms with Crippen molar-refractivity contribution in [2.45, 2.75) is 55.6 Å². The van der Waals surface area contributed by atoms with Crippen LogP contribution in [0.5, 0.6) is 0 Å². The quantitative estimate of drug-likeness (QED) is 0.541. The Balaban J connectivity index is 1.56. The first-order valence-electron chi connectivity index (χ1n) is 12.0. The molecule has 5 rings (SSSR count). The van der Waals surface area contributed by atoms with E-state index >= 15 is 0 Å². The Morgan fingerprint density at radius 2 is 1.79 bits per heavy atom. The van der Waals surface area contributed by atoms with Crippen molar-refractivity contribution < 1.29 is 17.6 Å². The number of sulfone groups is 1. The van der Waals surface area contributed by atoms with Gasteiger partial charge >= 0.3 is 0 Å². The highest BCUT2D eigenvalue weighted by atomic mass is 35.5. The molecule has 1 heterocycles. The van der Waals surface area contributed by atoms with E-state index in [1.54, 1.807) is 0 Å². The van der Waals surface area contributed by atoms with Gasteiger partial charge in [0.25, 0.3) is 0 Å². The summed E-state index contributed by atoms with van der Waals surface area (Å²) in [6, 6.07) is 12.0. The van der Waals surface area contributed by atoms with Crippen LogP contribution in [0, 0.1) is 23.6 Å². The normalized spacial score (nSPS) is 27.4. The van der Waals surface area contributed by atoms with Crippen LogP contribution in [-0.4, -0.2) is 37.2 Å². The number of rotatable bonds is 7. The van der Waals surface area contributed by atoms with Crippen molar-refractivity contribution in [2.24, 2.45) is 17.8 Å². The van der Waals surface area contributed by atoms with E-state index in [1.165, 1.54) is 12.1 Å². The van der Waals surface area contributed by atoms with Crippen LogP contribution in [-0.2, 0) is 14.6 Å². The van der Waals surface area contributed by atoms with Crippen molar-refractivity contribution in [1.29, 1.82) is 0 Å². The first kappa shape index (κ1) is 23.8. The number of nitrogens with one attached hydrogen (secondary N) is 1. The zero-order valence-electron chi connectivity index (χ0n) is 19.2. The number of carbonyl (C=O) groups is 1. The van der Waals surface area contributed by atoms with Gasteiger partial charge in [0.2, 0.25) is 5.91 Å². The average molecular weight is 505 g/mol. The molecule has 2 saturated carbocycles. The van der Waals surface area contributed by atoms with Gasteiger partial charge in [-0.2, -0.15) is 0 Å². The standard InChI is InChI=1S/C26H30ClFN2O3S/c1-17-18-12-14-26(17,29-15-13-18)30(25(19-2-3-19)20-4-6-21(27)7-5-20)24(31)16-34(32,33)23-10-8-22(28)9-11-23/h4-11,17-19,25,29H,2-3,12-16H2,1H3. The first-order chi connectivity index (χ1) is 16.2. The Hall–Kier alpha value is -1.96. The molecule has 1 amide bonds. The average Bonchev–Trinajstić information content (AvgIpc) is 3.61. The largest absolute Gasteiger partial charge is 0.316 e. The molecule has 1 aliphatic heterocycles. The number of hydrogen-bond donors (Lipinski definition) is 1. The van der Waals surface area contributed by atoms with Gasteiger partial charge in [-0.05, 0) is 98.4 Å². The zero-order chi connectivity index (χ0) is 24.1. The van der Waals surface area contributed by atoms with E-state index in [2.05, 4.69) is 12.2 Å². The molecular weight excluding hydrogens is 475 g/mol. The molecule has 1 saturated heterocycles. The summed E-state index contributed by atoms with van der Waals surface area (Å²) in [6.07, 6.45) is 4.87. The van der Waals surface area contributed by atoms with Crippen molar-refractivity contribution in [1.82, 2.24) is 10.2 Å². The third-order valence-electron chi connectivity index (χ3n) is 8.05. The minimum Gasteiger partial charge on any atom is -0.316 e. The second-order valence-corrected chi connectivity index (χ2v) is 12.5. The van der Waals surface area contributed by atoms with E-state index in [4.69, 9.17) is 11.6 Å². The monoisotopic (exact) mass is 504 g/mol.